The van der Waals surface area contributed by atoms with E-state index in [2.05, 4.69) is 9.97 Å². The van der Waals surface area contributed by atoms with Crippen LogP contribution in [0.4, 0.5) is 11.4 Å². The van der Waals surface area contributed by atoms with Gasteiger partial charge in [0.1, 0.15) is 5.52 Å². The standard InChI is InChI=1S/C20H18N6O/c1-26(22)16-11-13(7-8-14(16)21)19-18(12-5-3-2-4-6-12)25-20-15(23-19)9-10-17(27)24-20/h2-11H,21-22H2,1H3,(H,24,25,27). The Hall–Kier alpha value is -3.71. The molecule has 5 N–H and O–H groups in total. The van der Waals surface area contributed by atoms with Crippen molar-refractivity contribution in [1.29, 1.82) is 0 Å². The molecule has 0 aliphatic heterocycles. The number of nitrogens with one attached hydrogen (secondary N) is 1. The van der Waals surface area contributed by atoms with E-state index in [0.29, 0.717) is 33.9 Å². The molecule has 0 aliphatic carbocycles. The highest BCUT2D eigenvalue weighted by molar-refractivity contribution is 5.86. The summed E-state index contributed by atoms with van der Waals surface area (Å²) >= 11 is 0. The van der Waals surface area contributed by atoms with Crippen LogP contribution in [-0.4, -0.2) is 22.0 Å². The third kappa shape index (κ3) is 3.11. The van der Waals surface area contributed by atoms with Gasteiger partial charge in [-0.3, -0.25) is 4.79 Å². The predicted octanol–water partition coefficient (Wildman–Crippen LogP) is 2.54. The van der Waals surface area contributed by atoms with Crippen LogP contribution in [0.2, 0.25) is 0 Å². The normalized spacial score (nSPS) is 10.9. The van der Waals surface area contributed by atoms with Crippen molar-refractivity contribution < 1.29 is 0 Å². The maximum Gasteiger partial charge on any atom is 0.249 e. The third-order valence-corrected chi connectivity index (χ3v) is 4.29. The van der Waals surface area contributed by atoms with Gasteiger partial charge in [-0.05, 0) is 18.2 Å². The lowest BCUT2D eigenvalue weighted by Crippen LogP contribution is -2.26. The van der Waals surface area contributed by atoms with Gasteiger partial charge in [-0.15, -0.1) is 0 Å². The topological polar surface area (TPSA) is 114 Å². The Bertz CT molecular complexity index is 1180. The first-order valence-electron chi connectivity index (χ1n) is 8.38. The van der Waals surface area contributed by atoms with Gasteiger partial charge in [0.2, 0.25) is 5.56 Å². The van der Waals surface area contributed by atoms with E-state index in [0.717, 1.165) is 11.1 Å². The number of anilines is 2. The number of rotatable bonds is 3. The maximum absolute atomic E-state index is 11.7. The Morgan fingerprint density at radius 1 is 0.926 bits per heavy atom. The average Bonchev–Trinajstić information content (AvgIpc) is 2.68. The summed E-state index contributed by atoms with van der Waals surface area (Å²) in [5.41, 5.74) is 11.2. The number of nitrogen functional groups attached to an aromatic ring is 1. The predicted molar refractivity (Wildman–Crippen MR) is 108 cm³/mol. The minimum Gasteiger partial charge on any atom is -0.397 e. The van der Waals surface area contributed by atoms with Crippen LogP contribution in [0.3, 0.4) is 0 Å². The van der Waals surface area contributed by atoms with Crippen molar-refractivity contribution in [3.8, 4) is 22.5 Å². The van der Waals surface area contributed by atoms with Crippen LogP contribution < -0.4 is 22.1 Å². The Labute approximate surface area is 155 Å². The zero-order chi connectivity index (χ0) is 19.0. The molecule has 0 fully saturated rings. The van der Waals surface area contributed by atoms with Crippen LogP contribution in [0.25, 0.3) is 33.7 Å². The highest BCUT2D eigenvalue weighted by atomic mass is 16.1. The molecule has 0 spiro atoms. The van der Waals surface area contributed by atoms with Crippen LogP contribution in [-0.2, 0) is 0 Å². The number of hydrazine groups is 1. The van der Waals surface area contributed by atoms with Gasteiger partial charge in [0.25, 0.3) is 0 Å². The van der Waals surface area contributed by atoms with Gasteiger partial charge in [0.05, 0.1) is 22.8 Å². The molecule has 134 valence electrons. The van der Waals surface area contributed by atoms with Gasteiger partial charge in [0, 0.05) is 24.2 Å². The summed E-state index contributed by atoms with van der Waals surface area (Å²) in [5.74, 6) is 5.90. The zero-order valence-electron chi connectivity index (χ0n) is 14.7. The van der Waals surface area contributed by atoms with Gasteiger partial charge in [-0.1, -0.05) is 36.4 Å². The number of aromatic amines is 1. The van der Waals surface area contributed by atoms with E-state index in [9.17, 15) is 4.79 Å². The fraction of sp³-hybridized carbons (Fsp3) is 0.0500. The number of nitrogens with zero attached hydrogens (tertiary/aromatic N) is 3. The largest absolute Gasteiger partial charge is 0.397 e. The molecule has 7 nitrogen and oxygen atoms in total. The van der Waals surface area contributed by atoms with Crippen LogP contribution in [0.5, 0.6) is 0 Å². The summed E-state index contributed by atoms with van der Waals surface area (Å²) in [5, 5.41) is 1.47. The number of hydrogen-bond acceptors (Lipinski definition) is 6. The number of benzene rings is 2. The van der Waals surface area contributed by atoms with Gasteiger partial charge < -0.3 is 15.7 Å². The quantitative estimate of drug-likeness (QED) is 0.295. The lowest BCUT2D eigenvalue weighted by atomic mass is 10.0. The fourth-order valence-electron chi connectivity index (χ4n) is 2.96. The highest BCUT2D eigenvalue weighted by Gasteiger charge is 2.15. The molecular weight excluding hydrogens is 340 g/mol. The molecule has 0 bridgehead atoms. The first kappa shape index (κ1) is 16.7. The van der Waals surface area contributed by atoms with Crippen LogP contribution in [0.15, 0.2) is 65.5 Å². The van der Waals surface area contributed by atoms with E-state index < -0.39 is 0 Å². The van der Waals surface area contributed by atoms with Crippen molar-refractivity contribution in [1.82, 2.24) is 15.0 Å². The van der Waals surface area contributed by atoms with Gasteiger partial charge in [0.15, 0.2) is 5.65 Å². The Morgan fingerprint density at radius 2 is 1.67 bits per heavy atom. The summed E-state index contributed by atoms with van der Waals surface area (Å²) in [6, 6.07) is 18.4. The van der Waals surface area contributed by atoms with E-state index in [1.54, 1.807) is 19.2 Å². The van der Waals surface area contributed by atoms with Crippen LogP contribution in [0, 0.1) is 0 Å². The third-order valence-electron chi connectivity index (χ3n) is 4.29. The number of H-pyrrole nitrogens is 1. The first-order valence-corrected chi connectivity index (χ1v) is 8.38. The Balaban J connectivity index is 2.03. The molecule has 0 saturated carbocycles. The monoisotopic (exact) mass is 358 g/mol. The Kier molecular flexibility index (Phi) is 4.06. The van der Waals surface area contributed by atoms with Crippen LogP contribution in [0.1, 0.15) is 0 Å². The lowest BCUT2D eigenvalue weighted by Gasteiger charge is -2.17. The van der Waals surface area contributed by atoms with Crippen LogP contribution >= 0.6 is 0 Å². The van der Waals surface area contributed by atoms with Gasteiger partial charge in [-0.2, -0.15) is 0 Å². The average molecular weight is 358 g/mol. The number of hydrogen-bond donors (Lipinski definition) is 3. The molecule has 0 aliphatic rings. The molecule has 2 heterocycles. The molecule has 4 rings (SSSR count). The molecule has 0 amide bonds. The van der Waals surface area contributed by atoms with Gasteiger partial charge in [-0.25, -0.2) is 15.8 Å². The molecule has 7 heteroatoms. The molecule has 2 aromatic carbocycles. The van der Waals surface area contributed by atoms with Crippen molar-refractivity contribution in [3.05, 3.63) is 71.0 Å². The highest BCUT2D eigenvalue weighted by Crippen LogP contribution is 2.33. The van der Waals surface area contributed by atoms with Gasteiger partial charge >= 0.3 is 0 Å². The minimum atomic E-state index is -0.219. The summed E-state index contributed by atoms with van der Waals surface area (Å²) in [7, 11) is 1.73. The van der Waals surface area contributed by atoms with Crippen molar-refractivity contribution >= 4 is 22.5 Å². The summed E-state index contributed by atoms with van der Waals surface area (Å²) in [4.78, 5) is 23.9. The second kappa shape index (κ2) is 6.54. The second-order valence-corrected chi connectivity index (χ2v) is 6.23. The van der Waals surface area contributed by atoms with Crippen molar-refractivity contribution in [2.24, 2.45) is 5.84 Å². The lowest BCUT2D eigenvalue weighted by molar-refractivity contribution is 1.02. The molecule has 2 aromatic heterocycles. The molecule has 0 radical (unpaired) electrons. The first-order chi connectivity index (χ1) is 13.0. The molecule has 0 saturated heterocycles. The maximum atomic E-state index is 11.7. The zero-order valence-corrected chi connectivity index (χ0v) is 14.7. The summed E-state index contributed by atoms with van der Waals surface area (Å²) in [6.07, 6.45) is 0. The van der Waals surface area contributed by atoms with E-state index in [1.807, 2.05) is 42.5 Å². The van der Waals surface area contributed by atoms with E-state index >= 15 is 0 Å². The number of nitrogens with two attached hydrogens (primary N) is 2. The smallest absolute Gasteiger partial charge is 0.249 e. The SMILES string of the molecule is CN(N)c1cc(-c2nc3ccc(=O)[nH]c3nc2-c2ccccc2)ccc1N. The van der Waals surface area contributed by atoms with Crippen molar-refractivity contribution in [2.75, 3.05) is 17.8 Å². The molecule has 27 heavy (non-hydrogen) atoms. The number of fused-ring (bicyclic) bond motifs is 1. The molecule has 4 aromatic rings. The minimum absolute atomic E-state index is 0.219. The number of pyridine rings is 1. The Morgan fingerprint density at radius 3 is 2.41 bits per heavy atom. The van der Waals surface area contributed by atoms with E-state index in [-0.39, 0.29) is 5.56 Å². The van der Waals surface area contributed by atoms with Crippen molar-refractivity contribution in [2.45, 2.75) is 0 Å². The number of aromatic nitrogens is 3. The summed E-state index contributed by atoms with van der Waals surface area (Å²) < 4.78 is 0. The van der Waals surface area contributed by atoms with Crippen molar-refractivity contribution in [3.63, 3.8) is 0 Å². The fourth-order valence-corrected chi connectivity index (χ4v) is 2.96. The van der Waals surface area contributed by atoms with E-state index in [4.69, 9.17) is 16.6 Å². The van der Waals surface area contributed by atoms with E-state index in [1.165, 1.54) is 11.1 Å². The summed E-state index contributed by atoms with van der Waals surface area (Å²) in [6.45, 7) is 0. The molecule has 0 atom stereocenters. The second-order valence-electron chi connectivity index (χ2n) is 6.23. The molecular formula is C20H18N6O. The molecule has 0 unspecified atom stereocenters.